The first-order valence-corrected chi connectivity index (χ1v) is 7.75. The zero-order valence-electron chi connectivity index (χ0n) is 10.4. The van der Waals surface area contributed by atoms with E-state index < -0.39 is 15.8 Å². The average Bonchev–Trinajstić information content (AvgIpc) is 2.34. The van der Waals surface area contributed by atoms with Crippen molar-refractivity contribution in [2.75, 3.05) is 19.0 Å². The highest BCUT2D eigenvalue weighted by molar-refractivity contribution is 7.91. The van der Waals surface area contributed by atoms with Gasteiger partial charge in [-0.15, -0.1) is 0 Å². The van der Waals surface area contributed by atoms with Gasteiger partial charge in [-0.2, -0.15) is 0 Å². The van der Waals surface area contributed by atoms with Crippen LogP contribution in [0.25, 0.3) is 0 Å². The Bertz CT molecular complexity index is 553. The Kier molecular flexibility index (Phi) is 5.78. The molecule has 0 unspecified atom stereocenters. The van der Waals surface area contributed by atoms with Crippen molar-refractivity contribution in [2.45, 2.75) is 18.2 Å². The fourth-order valence-corrected chi connectivity index (χ4v) is 2.87. The lowest BCUT2D eigenvalue weighted by atomic mass is 10.2. The Morgan fingerprint density at radius 1 is 1.37 bits per heavy atom. The molecule has 0 saturated carbocycles. The second kappa shape index (κ2) is 6.88. The molecule has 0 spiro atoms. The number of sulfone groups is 1. The first-order chi connectivity index (χ1) is 8.88. The molecule has 0 heterocycles. The fourth-order valence-electron chi connectivity index (χ4n) is 1.40. The van der Waals surface area contributed by atoms with Gasteiger partial charge in [-0.3, -0.25) is 0 Å². The number of aromatic carboxylic acids is 1. The Balaban J connectivity index is 2.84. The van der Waals surface area contributed by atoms with Gasteiger partial charge in [-0.05, 0) is 24.6 Å². The van der Waals surface area contributed by atoms with Crippen LogP contribution in [0, 0.1) is 0 Å². The minimum absolute atomic E-state index is 0.00241. The molecular weight excluding hydrogens is 292 g/mol. The van der Waals surface area contributed by atoms with E-state index in [4.69, 9.17) is 21.4 Å². The summed E-state index contributed by atoms with van der Waals surface area (Å²) in [6, 6.07) is 3.58. The molecule has 1 N–H and O–H groups in total. The Morgan fingerprint density at radius 3 is 2.58 bits per heavy atom. The summed E-state index contributed by atoms with van der Waals surface area (Å²) in [5, 5.41) is 8.71. The molecule has 5 nitrogen and oxygen atoms in total. The van der Waals surface area contributed by atoms with Crippen molar-refractivity contribution in [3.8, 4) is 0 Å². The lowest BCUT2D eigenvalue weighted by Crippen LogP contribution is -2.13. The van der Waals surface area contributed by atoms with Crippen LogP contribution in [0.15, 0.2) is 23.1 Å². The van der Waals surface area contributed by atoms with E-state index in [9.17, 15) is 13.2 Å². The average molecular weight is 307 g/mol. The summed E-state index contributed by atoms with van der Waals surface area (Å²) in [6.45, 7) is 2.54. The van der Waals surface area contributed by atoms with Crippen molar-refractivity contribution in [3.05, 3.63) is 28.8 Å². The summed E-state index contributed by atoms with van der Waals surface area (Å²) in [5.41, 5.74) is -0.122. The van der Waals surface area contributed by atoms with Gasteiger partial charge in [0.05, 0.1) is 27.8 Å². The van der Waals surface area contributed by atoms with Crippen LogP contribution in [0.5, 0.6) is 0 Å². The summed E-state index contributed by atoms with van der Waals surface area (Å²) >= 11 is 5.74. The number of carbonyl (C=O) groups is 1. The summed E-state index contributed by atoms with van der Waals surface area (Å²) in [6.07, 6.45) is 0.819. The van der Waals surface area contributed by atoms with E-state index in [1.807, 2.05) is 6.92 Å². The highest BCUT2D eigenvalue weighted by atomic mass is 35.5. The number of hydrogen-bond donors (Lipinski definition) is 1. The van der Waals surface area contributed by atoms with Crippen molar-refractivity contribution in [1.82, 2.24) is 0 Å². The SMILES string of the molecule is CCCOCCS(=O)(=O)c1ccc(C(=O)O)c(Cl)c1. The van der Waals surface area contributed by atoms with Gasteiger partial charge in [0.15, 0.2) is 9.84 Å². The molecule has 0 bridgehead atoms. The first-order valence-electron chi connectivity index (χ1n) is 5.72. The number of carboxylic acids is 1. The van der Waals surface area contributed by atoms with E-state index in [1.54, 1.807) is 0 Å². The van der Waals surface area contributed by atoms with Crippen molar-refractivity contribution >= 4 is 27.4 Å². The molecule has 1 aromatic rings. The molecule has 1 aromatic carbocycles. The molecule has 0 aliphatic carbocycles. The minimum Gasteiger partial charge on any atom is -0.478 e. The zero-order chi connectivity index (χ0) is 14.5. The van der Waals surface area contributed by atoms with Crippen LogP contribution in [-0.4, -0.2) is 38.5 Å². The van der Waals surface area contributed by atoms with Crippen molar-refractivity contribution < 1.29 is 23.1 Å². The summed E-state index contributed by atoms with van der Waals surface area (Å²) in [5.74, 6) is -1.35. The first kappa shape index (κ1) is 15.9. The predicted octanol–water partition coefficient (Wildman–Crippen LogP) is 2.24. The normalized spacial score (nSPS) is 11.5. The van der Waals surface area contributed by atoms with Crippen LogP contribution in [0.4, 0.5) is 0 Å². The van der Waals surface area contributed by atoms with Crippen LogP contribution in [-0.2, 0) is 14.6 Å². The largest absolute Gasteiger partial charge is 0.478 e. The van der Waals surface area contributed by atoms with Crippen LogP contribution in [0.3, 0.4) is 0 Å². The van der Waals surface area contributed by atoms with Crippen LogP contribution >= 0.6 is 11.6 Å². The van der Waals surface area contributed by atoms with Crippen LogP contribution in [0.2, 0.25) is 5.02 Å². The maximum atomic E-state index is 11.9. The van der Waals surface area contributed by atoms with Gasteiger partial charge in [0.25, 0.3) is 0 Å². The van der Waals surface area contributed by atoms with Gasteiger partial charge in [0.2, 0.25) is 0 Å². The molecule has 0 aromatic heterocycles. The number of rotatable bonds is 7. The maximum absolute atomic E-state index is 11.9. The van der Waals surface area contributed by atoms with Crippen molar-refractivity contribution in [3.63, 3.8) is 0 Å². The Hall–Kier alpha value is -1.11. The Morgan fingerprint density at radius 2 is 2.05 bits per heavy atom. The smallest absolute Gasteiger partial charge is 0.337 e. The monoisotopic (exact) mass is 306 g/mol. The molecule has 7 heteroatoms. The topological polar surface area (TPSA) is 80.7 Å². The standard InChI is InChI=1S/C12H15ClO5S/c1-2-5-18-6-7-19(16,17)9-3-4-10(12(14)15)11(13)8-9/h3-4,8H,2,5-7H2,1H3,(H,14,15). The zero-order valence-corrected chi connectivity index (χ0v) is 12.0. The lowest BCUT2D eigenvalue weighted by molar-refractivity contribution is 0.0697. The van der Waals surface area contributed by atoms with E-state index in [-0.39, 0.29) is 27.8 Å². The molecule has 0 aliphatic rings. The number of benzene rings is 1. The quantitative estimate of drug-likeness (QED) is 0.781. The fraction of sp³-hybridized carbons (Fsp3) is 0.417. The second-order valence-corrected chi connectivity index (χ2v) is 6.39. The van der Waals surface area contributed by atoms with Gasteiger partial charge in [-0.25, -0.2) is 13.2 Å². The molecule has 106 valence electrons. The van der Waals surface area contributed by atoms with E-state index in [0.717, 1.165) is 12.5 Å². The summed E-state index contributed by atoms with van der Waals surface area (Å²) in [4.78, 5) is 10.8. The molecule has 19 heavy (non-hydrogen) atoms. The number of hydrogen-bond acceptors (Lipinski definition) is 4. The van der Waals surface area contributed by atoms with E-state index >= 15 is 0 Å². The Labute approximate surface area is 117 Å². The van der Waals surface area contributed by atoms with Crippen molar-refractivity contribution in [2.24, 2.45) is 0 Å². The van der Waals surface area contributed by atoms with E-state index in [0.29, 0.717) is 6.61 Å². The third-order valence-corrected chi connectivity index (χ3v) is 4.36. The van der Waals surface area contributed by atoms with Gasteiger partial charge in [0.1, 0.15) is 0 Å². The van der Waals surface area contributed by atoms with Gasteiger partial charge < -0.3 is 9.84 Å². The third kappa shape index (κ3) is 4.49. The third-order valence-electron chi connectivity index (χ3n) is 2.37. The van der Waals surface area contributed by atoms with E-state index in [1.165, 1.54) is 12.1 Å². The molecule has 1 rings (SSSR count). The number of halogens is 1. The lowest BCUT2D eigenvalue weighted by Gasteiger charge is -2.07. The number of ether oxygens (including phenoxy) is 1. The minimum atomic E-state index is -3.51. The molecule has 0 radical (unpaired) electrons. The van der Waals surface area contributed by atoms with E-state index in [2.05, 4.69) is 0 Å². The maximum Gasteiger partial charge on any atom is 0.337 e. The van der Waals surface area contributed by atoms with Gasteiger partial charge in [0, 0.05) is 6.61 Å². The molecule has 0 fully saturated rings. The summed E-state index contributed by atoms with van der Waals surface area (Å²) < 4.78 is 29.0. The number of carboxylic acid groups (broad SMARTS) is 1. The molecule has 0 saturated heterocycles. The van der Waals surface area contributed by atoms with Crippen molar-refractivity contribution in [1.29, 1.82) is 0 Å². The highest BCUT2D eigenvalue weighted by Crippen LogP contribution is 2.21. The molecular formula is C12H15ClO5S. The van der Waals surface area contributed by atoms with Gasteiger partial charge >= 0.3 is 5.97 Å². The van der Waals surface area contributed by atoms with Crippen LogP contribution < -0.4 is 0 Å². The molecule has 0 atom stereocenters. The van der Waals surface area contributed by atoms with Crippen LogP contribution in [0.1, 0.15) is 23.7 Å². The molecule has 0 aliphatic heterocycles. The van der Waals surface area contributed by atoms with Gasteiger partial charge in [-0.1, -0.05) is 18.5 Å². The summed E-state index contributed by atoms with van der Waals surface area (Å²) in [7, 11) is -3.51. The highest BCUT2D eigenvalue weighted by Gasteiger charge is 2.17. The second-order valence-electron chi connectivity index (χ2n) is 3.88. The predicted molar refractivity (Wildman–Crippen MR) is 71.6 cm³/mol. The molecule has 0 amide bonds.